The highest BCUT2D eigenvalue weighted by molar-refractivity contribution is 9.10. The molecular weight excluding hydrogens is 407 g/mol. The Morgan fingerprint density at radius 1 is 0.963 bits per heavy atom. The molecule has 0 spiro atoms. The second-order valence-corrected chi connectivity index (χ2v) is 7.59. The molecule has 1 aliphatic rings. The fraction of sp³-hybridized carbons (Fsp3) is 0.364. The molecule has 0 bridgehead atoms. The topological polar surface area (TPSA) is 15.7 Å². The number of hydrogen-bond acceptors (Lipinski definition) is 3. The number of benzene rings is 2. The maximum Gasteiger partial charge on any atom is 0.123 e. The summed E-state index contributed by atoms with van der Waals surface area (Å²) in [6.45, 7) is 6.22. The Morgan fingerprint density at radius 3 is 2.11 bits per heavy atom. The van der Waals surface area contributed by atoms with E-state index in [4.69, 9.17) is 11.2 Å². The Hall–Kier alpha value is -1.71. The Labute approximate surface area is 169 Å². The van der Waals surface area contributed by atoms with Crippen molar-refractivity contribution < 1.29 is 9.13 Å². The van der Waals surface area contributed by atoms with E-state index in [0.29, 0.717) is 6.61 Å². The maximum atomic E-state index is 13.3. The van der Waals surface area contributed by atoms with Crippen molar-refractivity contribution in [2.45, 2.75) is 6.10 Å². The minimum Gasteiger partial charge on any atom is -0.367 e. The highest BCUT2D eigenvalue weighted by Gasteiger charge is 2.18. The summed E-state index contributed by atoms with van der Waals surface area (Å²) in [5, 5.41) is 0. The first-order chi connectivity index (χ1) is 13.2. The van der Waals surface area contributed by atoms with Crippen LogP contribution in [0.2, 0.25) is 0 Å². The molecular formula is C22H24BrFN2O. The van der Waals surface area contributed by atoms with Gasteiger partial charge in [-0.3, -0.25) is 9.80 Å². The van der Waals surface area contributed by atoms with Crippen LogP contribution >= 0.6 is 15.9 Å². The average molecular weight is 431 g/mol. The van der Waals surface area contributed by atoms with Crippen LogP contribution in [0.5, 0.6) is 0 Å². The molecule has 1 heterocycles. The molecule has 3 rings (SSSR count). The summed E-state index contributed by atoms with van der Waals surface area (Å²) in [5.74, 6) is 2.47. The monoisotopic (exact) mass is 430 g/mol. The van der Waals surface area contributed by atoms with E-state index in [2.05, 4.69) is 31.7 Å². The van der Waals surface area contributed by atoms with E-state index in [1.165, 1.54) is 12.1 Å². The van der Waals surface area contributed by atoms with Crippen molar-refractivity contribution in [3.05, 3.63) is 69.9 Å². The molecule has 1 atom stereocenters. The summed E-state index contributed by atoms with van der Waals surface area (Å²) in [4.78, 5) is 4.69. The van der Waals surface area contributed by atoms with Crippen LogP contribution in [0.3, 0.4) is 0 Å². The van der Waals surface area contributed by atoms with E-state index in [9.17, 15) is 4.39 Å². The Morgan fingerprint density at radius 2 is 1.52 bits per heavy atom. The molecule has 1 saturated heterocycles. The number of ether oxygens (including phenoxy) is 1. The number of terminal acetylenes is 1. The second kappa shape index (κ2) is 10.0. The van der Waals surface area contributed by atoms with Gasteiger partial charge in [0.1, 0.15) is 11.9 Å². The summed E-state index contributed by atoms with van der Waals surface area (Å²) in [6, 6.07) is 14.6. The smallest absolute Gasteiger partial charge is 0.123 e. The number of nitrogens with zero attached hydrogens (tertiary/aromatic N) is 2. The second-order valence-electron chi connectivity index (χ2n) is 6.68. The number of hydrogen-bond donors (Lipinski definition) is 0. The summed E-state index contributed by atoms with van der Waals surface area (Å²) in [7, 11) is 0. The molecule has 0 aromatic heterocycles. The Kier molecular flexibility index (Phi) is 7.42. The molecule has 0 radical (unpaired) electrons. The van der Waals surface area contributed by atoms with Gasteiger partial charge in [0, 0.05) is 37.2 Å². The molecule has 3 nitrogen and oxygen atoms in total. The molecule has 2 aromatic rings. The first-order valence-corrected chi connectivity index (χ1v) is 9.96. The third-order valence-corrected chi connectivity index (χ3v) is 5.35. The maximum absolute atomic E-state index is 13.3. The number of rotatable bonds is 7. The largest absolute Gasteiger partial charge is 0.367 e. The van der Waals surface area contributed by atoms with Crippen LogP contribution < -0.4 is 0 Å². The predicted molar refractivity (Wildman–Crippen MR) is 110 cm³/mol. The van der Waals surface area contributed by atoms with Crippen molar-refractivity contribution in [3.63, 3.8) is 0 Å². The standard InChI is InChI=1S/C22H24BrFN2O/c1-2-11-25-12-14-26(15-13-25)16-17-27-22(18-3-7-20(23)8-4-18)19-5-9-21(24)10-6-19/h1,3-10,22H,11-17H2. The molecule has 1 aliphatic heterocycles. The van der Waals surface area contributed by atoms with Crippen molar-refractivity contribution in [2.24, 2.45) is 0 Å². The molecule has 2 aromatic carbocycles. The van der Waals surface area contributed by atoms with Gasteiger partial charge in [0.2, 0.25) is 0 Å². The van der Waals surface area contributed by atoms with E-state index >= 15 is 0 Å². The zero-order valence-corrected chi connectivity index (χ0v) is 16.9. The number of piperazine rings is 1. The lowest BCUT2D eigenvalue weighted by atomic mass is 10.0. The molecule has 0 N–H and O–H groups in total. The quantitative estimate of drug-likeness (QED) is 0.618. The highest BCUT2D eigenvalue weighted by Crippen LogP contribution is 2.27. The van der Waals surface area contributed by atoms with Crippen LogP contribution in [0.4, 0.5) is 4.39 Å². The SMILES string of the molecule is C#CCN1CCN(CCOC(c2ccc(F)cc2)c2ccc(Br)cc2)CC1. The zero-order valence-electron chi connectivity index (χ0n) is 15.3. The fourth-order valence-electron chi connectivity index (χ4n) is 3.26. The molecule has 27 heavy (non-hydrogen) atoms. The minimum absolute atomic E-state index is 0.207. The van der Waals surface area contributed by atoms with Gasteiger partial charge in [-0.2, -0.15) is 0 Å². The zero-order chi connectivity index (χ0) is 19.1. The summed E-state index contributed by atoms with van der Waals surface area (Å²) in [6.07, 6.45) is 5.18. The van der Waals surface area contributed by atoms with Gasteiger partial charge in [0.15, 0.2) is 0 Å². The highest BCUT2D eigenvalue weighted by atomic mass is 79.9. The summed E-state index contributed by atoms with van der Waals surface area (Å²) >= 11 is 3.47. The van der Waals surface area contributed by atoms with Crippen molar-refractivity contribution >= 4 is 15.9 Å². The fourth-order valence-corrected chi connectivity index (χ4v) is 3.52. The summed E-state index contributed by atoms with van der Waals surface area (Å²) < 4.78 is 20.6. The van der Waals surface area contributed by atoms with Crippen molar-refractivity contribution in [1.82, 2.24) is 9.80 Å². The normalized spacial score (nSPS) is 16.8. The van der Waals surface area contributed by atoms with Gasteiger partial charge in [-0.15, -0.1) is 6.42 Å². The van der Waals surface area contributed by atoms with E-state index in [1.54, 1.807) is 12.1 Å². The Balaban J connectivity index is 1.60. The molecule has 0 aliphatic carbocycles. The van der Waals surface area contributed by atoms with Gasteiger partial charge < -0.3 is 4.74 Å². The van der Waals surface area contributed by atoms with Gasteiger partial charge >= 0.3 is 0 Å². The predicted octanol–water partition coefficient (Wildman–Crippen LogP) is 3.95. The van der Waals surface area contributed by atoms with E-state index < -0.39 is 0 Å². The molecule has 1 fully saturated rings. The van der Waals surface area contributed by atoms with Crippen LogP contribution in [0.1, 0.15) is 17.2 Å². The van der Waals surface area contributed by atoms with E-state index in [-0.39, 0.29) is 11.9 Å². The molecule has 0 amide bonds. The third kappa shape index (κ3) is 5.88. The van der Waals surface area contributed by atoms with E-state index in [0.717, 1.165) is 54.9 Å². The summed E-state index contributed by atoms with van der Waals surface area (Å²) in [5.41, 5.74) is 2.02. The number of halogens is 2. The van der Waals surface area contributed by atoms with Crippen molar-refractivity contribution in [1.29, 1.82) is 0 Å². The van der Waals surface area contributed by atoms with Gasteiger partial charge in [0.05, 0.1) is 13.2 Å². The lowest BCUT2D eigenvalue weighted by molar-refractivity contribution is 0.0469. The van der Waals surface area contributed by atoms with Crippen LogP contribution in [-0.2, 0) is 4.74 Å². The first-order valence-electron chi connectivity index (χ1n) is 9.16. The van der Waals surface area contributed by atoms with E-state index in [1.807, 2.05) is 24.3 Å². The molecule has 142 valence electrons. The minimum atomic E-state index is -0.238. The van der Waals surface area contributed by atoms with Crippen molar-refractivity contribution in [3.8, 4) is 12.3 Å². The van der Waals surface area contributed by atoms with Crippen LogP contribution in [0.15, 0.2) is 53.0 Å². The average Bonchev–Trinajstić information content (AvgIpc) is 2.69. The first kappa shape index (κ1) is 20.0. The molecule has 5 heteroatoms. The Bertz CT molecular complexity index is 704. The van der Waals surface area contributed by atoms with Crippen LogP contribution in [-0.4, -0.2) is 55.7 Å². The van der Waals surface area contributed by atoms with Gasteiger partial charge in [-0.05, 0) is 35.4 Å². The third-order valence-electron chi connectivity index (χ3n) is 4.82. The van der Waals surface area contributed by atoms with Crippen molar-refractivity contribution in [2.75, 3.05) is 45.9 Å². The lowest BCUT2D eigenvalue weighted by Crippen LogP contribution is -2.47. The molecule has 0 saturated carbocycles. The van der Waals surface area contributed by atoms with Gasteiger partial charge in [-0.25, -0.2) is 4.39 Å². The molecule has 1 unspecified atom stereocenters. The van der Waals surface area contributed by atoms with Gasteiger partial charge in [0.25, 0.3) is 0 Å². The van der Waals surface area contributed by atoms with Gasteiger partial charge in [-0.1, -0.05) is 46.1 Å². The van der Waals surface area contributed by atoms with Crippen LogP contribution in [0, 0.1) is 18.2 Å². The van der Waals surface area contributed by atoms with Crippen LogP contribution in [0.25, 0.3) is 0 Å². The lowest BCUT2D eigenvalue weighted by Gasteiger charge is -2.33.